The van der Waals surface area contributed by atoms with Crippen LogP contribution in [0.25, 0.3) is 5.65 Å². The van der Waals surface area contributed by atoms with Gasteiger partial charge in [-0.2, -0.15) is 18.3 Å². The molecule has 3 N–H and O–H groups in total. The third-order valence-electron chi connectivity index (χ3n) is 5.35. The van der Waals surface area contributed by atoms with Crippen molar-refractivity contribution in [3.63, 3.8) is 0 Å². The molecule has 1 aliphatic heterocycles. The molecule has 3 heterocycles. The van der Waals surface area contributed by atoms with Crippen molar-refractivity contribution >= 4 is 11.7 Å². The van der Waals surface area contributed by atoms with E-state index in [2.05, 4.69) is 15.4 Å². The van der Waals surface area contributed by atoms with Crippen LogP contribution in [0.4, 0.5) is 26.7 Å². The van der Waals surface area contributed by atoms with Crippen LogP contribution in [0.15, 0.2) is 18.5 Å². The highest BCUT2D eigenvalue weighted by Gasteiger charge is 2.48. The zero-order chi connectivity index (χ0) is 22.5. The zero-order valence-electron chi connectivity index (χ0n) is 16.7. The number of rotatable bonds is 5. The van der Waals surface area contributed by atoms with Gasteiger partial charge in [0, 0.05) is 6.04 Å². The summed E-state index contributed by atoms with van der Waals surface area (Å²) in [6.45, 7) is 2.26. The van der Waals surface area contributed by atoms with Gasteiger partial charge < -0.3 is 16.0 Å². The van der Waals surface area contributed by atoms with E-state index in [-0.39, 0.29) is 12.1 Å². The molecule has 1 aliphatic rings. The van der Waals surface area contributed by atoms with Gasteiger partial charge in [-0.25, -0.2) is 23.1 Å². The Bertz CT molecular complexity index is 941. The van der Waals surface area contributed by atoms with Gasteiger partial charge in [-0.3, -0.25) is 0 Å². The van der Waals surface area contributed by atoms with Crippen LogP contribution < -0.4 is 11.1 Å². The molecule has 2 aromatic rings. The summed E-state index contributed by atoms with van der Waals surface area (Å²) in [6, 6.07) is -0.765. The maximum Gasteiger partial charge on any atom is 0.394 e. The van der Waals surface area contributed by atoms with Crippen LogP contribution in [-0.2, 0) is 0 Å². The van der Waals surface area contributed by atoms with Crippen LogP contribution >= 0.6 is 0 Å². The molecule has 3 rings (SSSR count). The summed E-state index contributed by atoms with van der Waals surface area (Å²) in [5, 5.41) is 6.29. The van der Waals surface area contributed by atoms with Gasteiger partial charge in [-0.15, -0.1) is 0 Å². The molecule has 166 valence electrons. The van der Waals surface area contributed by atoms with E-state index in [9.17, 15) is 26.7 Å². The second kappa shape index (κ2) is 7.33. The lowest BCUT2D eigenvalue weighted by Crippen LogP contribution is -2.57. The summed E-state index contributed by atoms with van der Waals surface area (Å²) in [5.41, 5.74) is 4.93. The van der Waals surface area contributed by atoms with Crippen LogP contribution in [-0.4, -0.2) is 50.7 Å². The Morgan fingerprint density at radius 1 is 1.33 bits per heavy atom. The molecule has 0 unspecified atom stereocenters. The predicted molar refractivity (Wildman–Crippen MR) is 97.8 cm³/mol. The number of fused-ring (bicyclic) bond motifs is 1. The van der Waals surface area contributed by atoms with E-state index in [1.165, 1.54) is 16.9 Å². The summed E-state index contributed by atoms with van der Waals surface area (Å²) in [6.07, 6.45) is -1.95. The van der Waals surface area contributed by atoms with E-state index in [1.807, 2.05) is 0 Å². The van der Waals surface area contributed by atoms with Crippen LogP contribution in [0.3, 0.4) is 0 Å². The Balaban J connectivity index is 1.83. The van der Waals surface area contributed by atoms with Crippen molar-refractivity contribution in [3.05, 3.63) is 29.7 Å². The van der Waals surface area contributed by atoms with Gasteiger partial charge in [-0.05, 0) is 25.0 Å². The third kappa shape index (κ3) is 4.32. The van der Waals surface area contributed by atoms with Gasteiger partial charge in [-0.1, -0.05) is 13.8 Å². The SMILES string of the molecule is C[C@H](c1cnn2cc([C@@H](N)CC(C)(C)C(F)(F)F)nc2c1)N1CC(F)(F)CNC1=O. The summed E-state index contributed by atoms with van der Waals surface area (Å²) in [4.78, 5) is 17.3. The van der Waals surface area contributed by atoms with Gasteiger partial charge >= 0.3 is 12.2 Å². The van der Waals surface area contributed by atoms with E-state index < -0.39 is 48.7 Å². The Hall–Kier alpha value is -2.50. The fraction of sp³-hybridized carbons (Fsp3) is 0.611. The summed E-state index contributed by atoms with van der Waals surface area (Å²) < 4.78 is 68.1. The van der Waals surface area contributed by atoms with E-state index in [0.29, 0.717) is 11.2 Å². The molecule has 7 nitrogen and oxygen atoms in total. The molecular formula is C18H23F5N6O. The molecule has 0 saturated carbocycles. The number of nitrogens with one attached hydrogen (secondary N) is 1. The Kier molecular flexibility index (Phi) is 5.42. The van der Waals surface area contributed by atoms with Crippen molar-refractivity contribution in [2.75, 3.05) is 13.1 Å². The number of carbonyl (C=O) groups excluding carboxylic acids is 1. The third-order valence-corrected chi connectivity index (χ3v) is 5.35. The van der Waals surface area contributed by atoms with E-state index in [4.69, 9.17) is 5.73 Å². The number of aromatic nitrogens is 3. The zero-order valence-corrected chi connectivity index (χ0v) is 16.7. The molecule has 12 heteroatoms. The number of imidazole rings is 1. The highest BCUT2D eigenvalue weighted by molar-refractivity contribution is 5.76. The van der Waals surface area contributed by atoms with Crippen LogP contribution in [0.2, 0.25) is 0 Å². The number of amides is 2. The van der Waals surface area contributed by atoms with Crippen molar-refractivity contribution < 1.29 is 26.7 Å². The summed E-state index contributed by atoms with van der Waals surface area (Å²) in [5.74, 6) is -3.06. The van der Waals surface area contributed by atoms with Gasteiger partial charge in [0.15, 0.2) is 5.65 Å². The van der Waals surface area contributed by atoms with Crippen LogP contribution in [0.5, 0.6) is 0 Å². The molecule has 0 aromatic carbocycles. The molecule has 0 radical (unpaired) electrons. The molecule has 2 amide bonds. The van der Waals surface area contributed by atoms with Crippen molar-refractivity contribution in [2.45, 2.75) is 51.4 Å². The minimum absolute atomic E-state index is 0.229. The lowest BCUT2D eigenvalue weighted by atomic mass is 9.84. The Morgan fingerprint density at radius 3 is 2.63 bits per heavy atom. The fourth-order valence-electron chi connectivity index (χ4n) is 3.26. The normalized spacial score (nSPS) is 19.6. The molecule has 2 aromatic heterocycles. The quantitative estimate of drug-likeness (QED) is 0.706. The largest absolute Gasteiger partial charge is 0.394 e. The highest BCUT2D eigenvalue weighted by Crippen LogP contribution is 2.43. The van der Waals surface area contributed by atoms with E-state index >= 15 is 0 Å². The van der Waals surface area contributed by atoms with Crippen molar-refractivity contribution in [1.29, 1.82) is 0 Å². The number of halogens is 5. The number of nitrogens with zero attached hydrogens (tertiary/aromatic N) is 4. The number of nitrogens with two attached hydrogens (primary N) is 1. The first-order valence-corrected chi connectivity index (χ1v) is 9.30. The number of alkyl halides is 5. The molecular weight excluding hydrogens is 411 g/mol. The molecule has 30 heavy (non-hydrogen) atoms. The monoisotopic (exact) mass is 434 g/mol. The molecule has 1 fully saturated rings. The van der Waals surface area contributed by atoms with Gasteiger partial charge in [0.1, 0.15) is 0 Å². The predicted octanol–water partition coefficient (Wildman–Crippen LogP) is 3.43. The van der Waals surface area contributed by atoms with Gasteiger partial charge in [0.05, 0.1) is 42.6 Å². The van der Waals surface area contributed by atoms with E-state index in [0.717, 1.165) is 18.7 Å². The standard InChI is InChI=1S/C18H23F5N6O/c1-10(28-9-17(19,20)8-25-15(28)30)11-4-14-27-13(7-29(14)26-6-11)12(24)5-16(2,3)18(21,22)23/h4,6-7,10,12H,5,8-9,24H2,1-3H3,(H,25,30)/t10-,12+/m1/s1. The van der Waals surface area contributed by atoms with Crippen molar-refractivity contribution in [3.8, 4) is 0 Å². The van der Waals surface area contributed by atoms with Crippen LogP contribution in [0.1, 0.15) is 50.5 Å². The maximum atomic E-state index is 13.7. The molecule has 0 spiro atoms. The van der Waals surface area contributed by atoms with Crippen molar-refractivity contribution in [2.24, 2.45) is 11.1 Å². The number of urea groups is 1. The summed E-state index contributed by atoms with van der Waals surface area (Å²) >= 11 is 0. The minimum atomic E-state index is -4.41. The number of hydrogen-bond donors (Lipinski definition) is 2. The second-order valence-electron chi connectivity index (χ2n) is 8.27. The lowest BCUT2D eigenvalue weighted by Gasteiger charge is -2.36. The first-order chi connectivity index (χ1) is 13.7. The van der Waals surface area contributed by atoms with Gasteiger partial charge in [0.2, 0.25) is 0 Å². The molecule has 0 aliphatic carbocycles. The van der Waals surface area contributed by atoms with Gasteiger partial charge in [0.25, 0.3) is 5.92 Å². The molecule has 1 saturated heterocycles. The smallest absolute Gasteiger partial charge is 0.332 e. The first kappa shape index (κ1) is 22.2. The maximum absolute atomic E-state index is 13.7. The number of hydrogen-bond acceptors (Lipinski definition) is 4. The average Bonchev–Trinajstić information content (AvgIpc) is 3.05. The topological polar surface area (TPSA) is 88.6 Å². The van der Waals surface area contributed by atoms with Crippen molar-refractivity contribution in [1.82, 2.24) is 24.8 Å². The Morgan fingerprint density at radius 2 is 2.00 bits per heavy atom. The van der Waals surface area contributed by atoms with Crippen LogP contribution in [0, 0.1) is 5.41 Å². The minimum Gasteiger partial charge on any atom is -0.332 e. The second-order valence-corrected chi connectivity index (χ2v) is 8.27. The van der Waals surface area contributed by atoms with E-state index in [1.54, 1.807) is 13.0 Å². The first-order valence-electron chi connectivity index (χ1n) is 9.30. The fourth-order valence-corrected chi connectivity index (χ4v) is 3.26. The average molecular weight is 434 g/mol. The lowest BCUT2D eigenvalue weighted by molar-refractivity contribution is -0.215. The highest BCUT2D eigenvalue weighted by atomic mass is 19.4. The summed E-state index contributed by atoms with van der Waals surface area (Å²) in [7, 11) is 0. The number of carbonyl (C=O) groups is 1. The Labute approximate surface area is 169 Å². The molecule has 0 bridgehead atoms. The molecule has 2 atom stereocenters.